The molecule has 0 aliphatic rings. The van der Waals surface area contributed by atoms with Crippen molar-refractivity contribution in [1.82, 2.24) is 10.3 Å². The van der Waals surface area contributed by atoms with Gasteiger partial charge < -0.3 is 10.4 Å². The maximum atomic E-state index is 12.0. The summed E-state index contributed by atoms with van der Waals surface area (Å²) in [5.41, 5.74) is -0.0342. The van der Waals surface area contributed by atoms with Gasteiger partial charge in [0.15, 0.2) is 0 Å². The number of nitrogens with one attached hydrogen (secondary N) is 1. The van der Waals surface area contributed by atoms with Crippen LogP contribution < -0.4 is 5.32 Å². The Morgan fingerprint density at radius 2 is 2.35 bits per heavy atom. The van der Waals surface area contributed by atoms with E-state index < -0.39 is 5.54 Å². The second-order valence-corrected chi connectivity index (χ2v) is 5.03. The lowest BCUT2D eigenvalue weighted by Crippen LogP contribution is -2.46. The fourth-order valence-electron chi connectivity index (χ4n) is 1.46. The van der Waals surface area contributed by atoms with Crippen molar-refractivity contribution < 1.29 is 9.90 Å². The van der Waals surface area contributed by atoms with Crippen LogP contribution in [0.25, 0.3) is 0 Å². The lowest BCUT2D eigenvalue weighted by Gasteiger charge is -2.28. The molecule has 17 heavy (non-hydrogen) atoms. The van der Waals surface area contributed by atoms with Crippen molar-refractivity contribution in [1.29, 1.82) is 0 Å². The number of carbonyl (C=O) groups excluding carboxylic acids is 1. The number of hydrogen-bond donors (Lipinski definition) is 2. The third-order valence-corrected chi connectivity index (χ3v) is 3.47. The second-order valence-electron chi connectivity index (χ2n) is 4.18. The van der Waals surface area contributed by atoms with Gasteiger partial charge in [0.05, 0.1) is 0 Å². The van der Waals surface area contributed by atoms with E-state index in [4.69, 9.17) is 5.11 Å². The summed E-state index contributed by atoms with van der Waals surface area (Å²) < 4.78 is 0.667. The van der Waals surface area contributed by atoms with Gasteiger partial charge in [0, 0.05) is 22.8 Å². The first-order valence-electron chi connectivity index (χ1n) is 5.56. The van der Waals surface area contributed by atoms with E-state index in [0.29, 0.717) is 16.6 Å². The molecule has 1 amide bonds. The van der Waals surface area contributed by atoms with Crippen molar-refractivity contribution in [3.63, 3.8) is 0 Å². The van der Waals surface area contributed by atoms with Crippen LogP contribution in [0.2, 0.25) is 0 Å². The van der Waals surface area contributed by atoms with Gasteiger partial charge in [-0.05, 0) is 47.8 Å². The monoisotopic (exact) mass is 300 g/mol. The molecule has 0 spiro atoms. The number of amides is 1. The van der Waals surface area contributed by atoms with E-state index in [9.17, 15) is 4.79 Å². The SMILES string of the molecule is CCC(C)(CCO)NC(=O)c1ncccc1Br. The van der Waals surface area contributed by atoms with Crippen LogP contribution >= 0.6 is 15.9 Å². The Bertz CT molecular complexity index is 398. The Balaban J connectivity index is 2.82. The molecule has 0 aliphatic heterocycles. The molecule has 0 saturated carbocycles. The Morgan fingerprint density at radius 1 is 1.65 bits per heavy atom. The van der Waals surface area contributed by atoms with Gasteiger partial charge in [-0.15, -0.1) is 0 Å². The summed E-state index contributed by atoms with van der Waals surface area (Å²) in [5.74, 6) is -0.227. The van der Waals surface area contributed by atoms with Crippen LogP contribution in [0.3, 0.4) is 0 Å². The number of nitrogens with zero attached hydrogens (tertiary/aromatic N) is 1. The topological polar surface area (TPSA) is 62.2 Å². The summed E-state index contributed by atoms with van der Waals surface area (Å²) in [6.45, 7) is 3.94. The van der Waals surface area contributed by atoms with Crippen molar-refractivity contribution in [3.8, 4) is 0 Å². The highest BCUT2D eigenvalue weighted by molar-refractivity contribution is 9.10. The maximum absolute atomic E-state index is 12.0. The summed E-state index contributed by atoms with van der Waals surface area (Å²) in [6, 6.07) is 3.53. The van der Waals surface area contributed by atoms with Crippen molar-refractivity contribution in [2.75, 3.05) is 6.61 Å². The Labute approximate surface area is 110 Å². The van der Waals surface area contributed by atoms with Crippen LogP contribution in [0, 0.1) is 0 Å². The van der Waals surface area contributed by atoms with Crippen LogP contribution in [0.5, 0.6) is 0 Å². The number of aliphatic hydroxyl groups excluding tert-OH is 1. The molecule has 0 fully saturated rings. The number of carbonyl (C=O) groups is 1. The molecule has 1 aromatic rings. The molecule has 1 aromatic heterocycles. The van der Waals surface area contributed by atoms with Crippen molar-refractivity contribution in [2.45, 2.75) is 32.2 Å². The molecule has 1 atom stereocenters. The van der Waals surface area contributed by atoms with Crippen molar-refractivity contribution >= 4 is 21.8 Å². The molecular formula is C12H17BrN2O2. The van der Waals surface area contributed by atoms with Crippen LogP contribution in [0.15, 0.2) is 22.8 Å². The molecular weight excluding hydrogens is 284 g/mol. The summed E-state index contributed by atoms with van der Waals surface area (Å²) in [5, 5.41) is 11.9. The first-order valence-corrected chi connectivity index (χ1v) is 6.35. The molecule has 94 valence electrons. The Morgan fingerprint density at radius 3 is 2.88 bits per heavy atom. The zero-order chi connectivity index (χ0) is 12.9. The fraction of sp³-hybridized carbons (Fsp3) is 0.500. The smallest absolute Gasteiger partial charge is 0.271 e. The zero-order valence-corrected chi connectivity index (χ0v) is 11.6. The third-order valence-electron chi connectivity index (χ3n) is 2.83. The Kier molecular flexibility index (Phi) is 5.08. The molecule has 0 radical (unpaired) electrons. The van der Waals surface area contributed by atoms with Gasteiger partial charge in [-0.3, -0.25) is 4.79 Å². The minimum Gasteiger partial charge on any atom is -0.396 e. The van der Waals surface area contributed by atoms with E-state index in [1.807, 2.05) is 13.8 Å². The number of aliphatic hydroxyl groups is 1. The predicted molar refractivity (Wildman–Crippen MR) is 69.8 cm³/mol. The van der Waals surface area contributed by atoms with Gasteiger partial charge in [-0.2, -0.15) is 0 Å². The molecule has 0 aliphatic carbocycles. The molecule has 1 heterocycles. The highest BCUT2D eigenvalue weighted by Crippen LogP contribution is 2.17. The quantitative estimate of drug-likeness (QED) is 0.875. The van der Waals surface area contributed by atoms with Crippen LogP contribution in [0.1, 0.15) is 37.2 Å². The normalized spacial score (nSPS) is 14.1. The van der Waals surface area contributed by atoms with E-state index in [0.717, 1.165) is 6.42 Å². The van der Waals surface area contributed by atoms with Crippen LogP contribution in [-0.4, -0.2) is 28.1 Å². The van der Waals surface area contributed by atoms with Gasteiger partial charge in [0.25, 0.3) is 5.91 Å². The van der Waals surface area contributed by atoms with E-state index in [2.05, 4.69) is 26.2 Å². The van der Waals surface area contributed by atoms with Crippen LogP contribution in [-0.2, 0) is 0 Å². The predicted octanol–water partition coefficient (Wildman–Crippen LogP) is 2.12. The average molecular weight is 301 g/mol. The molecule has 2 N–H and O–H groups in total. The third kappa shape index (κ3) is 3.78. The van der Waals surface area contributed by atoms with Gasteiger partial charge in [0.2, 0.25) is 0 Å². The standard InChI is InChI=1S/C12H17BrN2O2/c1-3-12(2,6-8-16)15-11(17)10-9(13)5-4-7-14-10/h4-5,7,16H,3,6,8H2,1-2H3,(H,15,17). The molecule has 0 bridgehead atoms. The molecule has 0 aromatic carbocycles. The number of aromatic nitrogens is 1. The molecule has 4 nitrogen and oxygen atoms in total. The lowest BCUT2D eigenvalue weighted by molar-refractivity contribution is 0.0880. The lowest BCUT2D eigenvalue weighted by atomic mass is 9.94. The van der Waals surface area contributed by atoms with Crippen LogP contribution in [0.4, 0.5) is 0 Å². The molecule has 1 unspecified atom stereocenters. The molecule has 5 heteroatoms. The summed E-state index contributed by atoms with van der Waals surface area (Å²) in [6.07, 6.45) is 2.86. The van der Waals surface area contributed by atoms with Gasteiger partial charge >= 0.3 is 0 Å². The maximum Gasteiger partial charge on any atom is 0.271 e. The summed E-state index contributed by atoms with van der Waals surface area (Å²) in [7, 11) is 0. The zero-order valence-electron chi connectivity index (χ0n) is 10.0. The molecule has 0 saturated heterocycles. The minimum atomic E-state index is -0.400. The van der Waals surface area contributed by atoms with E-state index in [1.54, 1.807) is 18.3 Å². The molecule has 1 rings (SSSR count). The van der Waals surface area contributed by atoms with Crippen molar-refractivity contribution in [2.24, 2.45) is 0 Å². The number of hydrogen-bond acceptors (Lipinski definition) is 3. The summed E-state index contributed by atoms with van der Waals surface area (Å²) in [4.78, 5) is 16.1. The van der Waals surface area contributed by atoms with Crippen molar-refractivity contribution in [3.05, 3.63) is 28.5 Å². The minimum absolute atomic E-state index is 0.0496. The van der Waals surface area contributed by atoms with Gasteiger partial charge in [-0.1, -0.05) is 6.92 Å². The number of pyridine rings is 1. The van der Waals surface area contributed by atoms with Gasteiger partial charge in [0.1, 0.15) is 5.69 Å². The first-order chi connectivity index (χ1) is 8.02. The first kappa shape index (κ1) is 14.1. The average Bonchev–Trinajstić information content (AvgIpc) is 2.29. The second kappa shape index (κ2) is 6.12. The largest absolute Gasteiger partial charge is 0.396 e. The van der Waals surface area contributed by atoms with E-state index in [-0.39, 0.29) is 12.5 Å². The van der Waals surface area contributed by atoms with Gasteiger partial charge in [-0.25, -0.2) is 4.98 Å². The Hall–Kier alpha value is -0.940. The highest BCUT2D eigenvalue weighted by Gasteiger charge is 2.25. The van der Waals surface area contributed by atoms with E-state index in [1.165, 1.54) is 0 Å². The van der Waals surface area contributed by atoms with E-state index >= 15 is 0 Å². The fourth-order valence-corrected chi connectivity index (χ4v) is 1.90. The highest BCUT2D eigenvalue weighted by atomic mass is 79.9. The summed E-state index contributed by atoms with van der Waals surface area (Å²) >= 11 is 3.29. The number of rotatable bonds is 5. The number of halogens is 1.